The van der Waals surface area contributed by atoms with Crippen LogP contribution in [-0.2, 0) is 19.4 Å². The Labute approximate surface area is 239 Å². The molecule has 0 spiro atoms. The Morgan fingerprint density at radius 3 is 2.77 bits per heavy atom. The molecule has 3 atom stereocenters. The number of fused-ring (bicyclic) bond motifs is 1. The third kappa shape index (κ3) is 6.54. The second kappa shape index (κ2) is 12.9. The maximum Gasteiger partial charge on any atom is 0.254 e. The summed E-state index contributed by atoms with van der Waals surface area (Å²) in [6, 6.07) is 12.7. The van der Waals surface area contributed by atoms with Crippen molar-refractivity contribution in [3.8, 4) is 5.75 Å². The molecule has 1 aromatic heterocycles. The number of aliphatic hydroxyl groups excluding tert-OH is 1. The summed E-state index contributed by atoms with van der Waals surface area (Å²) in [5, 5.41) is 20.6. The van der Waals surface area contributed by atoms with Crippen LogP contribution in [0.2, 0.25) is 0 Å². The number of carbonyl (C=O) groups excluding carboxylic acids is 2. The Kier molecular flexibility index (Phi) is 9.14. The zero-order valence-electron chi connectivity index (χ0n) is 23.2. The van der Waals surface area contributed by atoms with E-state index in [1.165, 1.54) is 0 Å². The van der Waals surface area contributed by atoms with Gasteiger partial charge in [0.1, 0.15) is 10.8 Å². The number of benzene rings is 2. The molecule has 2 aliphatic heterocycles. The Morgan fingerprint density at radius 1 is 1.25 bits per heavy atom. The van der Waals surface area contributed by atoms with Gasteiger partial charge in [-0.2, -0.15) is 0 Å². The molecule has 0 saturated carbocycles. The van der Waals surface area contributed by atoms with Gasteiger partial charge in [0.2, 0.25) is 0 Å². The molecule has 0 bridgehead atoms. The number of nitrogens with zero attached hydrogens (tertiary/aromatic N) is 2. The number of carbonyl (C=O) groups is 2. The van der Waals surface area contributed by atoms with Gasteiger partial charge in [0.25, 0.3) is 11.8 Å². The third-order valence-corrected chi connectivity index (χ3v) is 8.68. The van der Waals surface area contributed by atoms with E-state index in [2.05, 4.69) is 15.6 Å². The first-order valence-electron chi connectivity index (χ1n) is 14.2. The highest BCUT2D eigenvalue weighted by atomic mass is 32.1. The van der Waals surface area contributed by atoms with Crippen molar-refractivity contribution in [2.24, 2.45) is 0 Å². The van der Waals surface area contributed by atoms with E-state index in [1.54, 1.807) is 28.4 Å². The van der Waals surface area contributed by atoms with Gasteiger partial charge >= 0.3 is 0 Å². The predicted molar refractivity (Wildman–Crippen MR) is 156 cm³/mol. The largest absolute Gasteiger partial charge is 0.493 e. The van der Waals surface area contributed by atoms with Crippen LogP contribution in [0.1, 0.15) is 68.7 Å². The van der Waals surface area contributed by atoms with Crippen LogP contribution in [0.4, 0.5) is 0 Å². The van der Waals surface area contributed by atoms with Crippen molar-refractivity contribution in [1.82, 2.24) is 20.5 Å². The number of aryl methyl sites for hydroxylation is 1. The average molecular weight is 563 g/mol. The first kappa shape index (κ1) is 28.3. The fourth-order valence-electron chi connectivity index (χ4n) is 5.58. The first-order chi connectivity index (χ1) is 19.4. The fraction of sp³-hybridized carbons (Fsp3) is 0.452. The number of amides is 2. The van der Waals surface area contributed by atoms with Gasteiger partial charge in [0.05, 0.1) is 25.3 Å². The number of aromatic nitrogens is 1. The van der Waals surface area contributed by atoms with E-state index in [0.29, 0.717) is 43.0 Å². The number of nitrogens with one attached hydrogen (secondary N) is 2. The molecule has 1 saturated heterocycles. The molecule has 2 amide bonds. The highest BCUT2D eigenvalue weighted by Gasteiger charge is 2.32. The molecule has 8 nitrogen and oxygen atoms in total. The summed E-state index contributed by atoms with van der Waals surface area (Å²) in [4.78, 5) is 33.9. The Morgan fingerprint density at radius 2 is 2.08 bits per heavy atom. The first-order valence-corrected chi connectivity index (χ1v) is 15.1. The van der Waals surface area contributed by atoms with E-state index in [4.69, 9.17) is 4.74 Å². The number of thiazole rings is 1. The van der Waals surface area contributed by atoms with E-state index in [-0.39, 0.29) is 17.9 Å². The zero-order chi connectivity index (χ0) is 28.1. The van der Waals surface area contributed by atoms with Gasteiger partial charge in [-0.25, -0.2) is 4.98 Å². The molecular weight excluding hydrogens is 524 g/mol. The monoisotopic (exact) mass is 562 g/mol. The van der Waals surface area contributed by atoms with Crippen LogP contribution >= 0.6 is 11.3 Å². The van der Waals surface area contributed by atoms with Gasteiger partial charge in [0, 0.05) is 40.4 Å². The quantitative estimate of drug-likeness (QED) is 0.346. The van der Waals surface area contributed by atoms with Crippen molar-refractivity contribution in [2.75, 3.05) is 19.7 Å². The normalized spacial score (nSPS) is 17.9. The van der Waals surface area contributed by atoms with Crippen LogP contribution in [0.3, 0.4) is 0 Å². The molecule has 212 valence electrons. The molecule has 0 radical (unpaired) electrons. The van der Waals surface area contributed by atoms with Crippen molar-refractivity contribution in [2.45, 2.75) is 70.7 Å². The van der Waals surface area contributed by atoms with Crippen LogP contribution in [0.25, 0.3) is 0 Å². The van der Waals surface area contributed by atoms with Crippen LogP contribution < -0.4 is 15.4 Å². The van der Waals surface area contributed by atoms with Crippen molar-refractivity contribution in [3.63, 3.8) is 0 Å². The molecule has 2 aliphatic rings. The summed E-state index contributed by atoms with van der Waals surface area (Å²) in [5.41, 5.74) is 3.67. The van der Waals surface area contributed by atoms with E-state index < -0.39 is 12.1 Å². The van der Waals surface area contributed by atoms with Gasteiger partial charge in [0.15, 0.2) is 0 Å². The fourth-order valence-corrected chi connectivity index (χ4v) is 6.37. The summed E-state index contributed by atoms with van der Waals surface area (Å²) in [7, 11) is 0. The van der Waals surface area contributed by atoms with Gasteiger partial charge < -0.3 is 25.4 Å². The topological polar surface area (TPSA) is 104 Å². The summed E-state index contributed by atoms with van der Waals surface area (Å²) < 4.78 is 5.95. The van der Waals surface area contributed by atoms with E-state index in [9.17, 15) is 14.7 Å². The minimum absolute atomic E-state index is 0.0781. The van der Waals surface area contributed by atoms with Gasteiger partial charge in [-0.05, 0) is 70.2 Å². The Hall–Kier alpha value is -3.27. The highest BCUT2D eigenvalue weighted by molar-refractivity contribution is 7.09. The molecule has 9 heteroatoms. The van der Waals surface area contributed by atoms with Crippen molar-refractivity contribution in [3.05, 3.63) is 80.8 Å². The number of rotatable bonds is 10. The smallest absolute Gasteiger partial charge is 0.254 e. The molecular formula is C31H38N4O4S. The maximum atomic E-state index is 13.8. The molecule has 3 heterocycles. The molecule has 40 heavy (non-hydrogen) atoms. The maximum absolute atomic E-state index is 13.8. The standard InChI is InChI=1S/C31H38N4O4S/c1-3-35(18-28-33-20(2)19-40-28)31(38)24-16-22(17-27-23(24)11-8-14-39-27)30(37)34-26(15-21-9-5-4-6-10-21)29(36)25-12-7-13-32-25/h4-6,9-10,16-17,19,25-26,29,32,36H,3,7-8,11-15,18H2,1-2H3,(H,34,37). The Bertz CT molecular complexity index is 1320. The molecule has 3 N–H and O–H groups in total. The molecule has 5 rings (SSSR count). The van der Waals surface area contributed by atoms with Crippen LogP contribution in [0, 0.1) is 6.92 Å². The zero-order valence-corrected chi connectivity index (χ0v) is 24.0. The lowest BCUT2D eigenvalue weighted by molar-refractivity contribution is 0.0736. The molecule has 3 aromatic rings. The summed E-state index contributed by atoms with van der Waals surface area (Å²) >= 11 is 1.54. The average Bonchev–Trinajstić information content (AvgIpc) is 3.67. The second-order valence-electron chi connectivity index (χ2n) is 10.6. The van der Waals surface area contributed by atoms with E-state index in [1.807, 2.05) is 49.6 Å². The van der Waals surface area contributed by atoms with E-state index >= 15 is 0 Å². The number of ether oxygens (including phenoxy) is 1. The van der Waals surface area contributed by atoms with Crippen LogP contribution in [-0.4, -0.2) is 64.7 Å². The minimum atomic E-state index is -0.751. The number of hydrogen-bond acceptors (Lipinski definition) is 7. The van der Waals surface area contributed by atoms with Crippen LogP contribution in [0.5, 0.6) is 5.75 Å². The van der Waals surface area contributed by atoms with Gasteiger partial charge in [-0.15, -0.1) is 11.3 Å². The predicted octanol–water partition coefficient (Wildman–Crippen LogP) is 3.89. The number of hydrogen-bond donors (Lipinski definition) is 3. The minimum Gasteiger partial charge on any atom is -0.493 e. The highest BCUT2D eigenvalue weighted by Crippen LogP contribution is 2.31. The number of aliphatic hydroxyl groups is 1. The summed E-state index contributed by atoms with van der Waals surface area (Å²) in [6.07, 6.45) is 3.13. The van der Waals surface area contributed by atoms with Crippen molar-refractivity contribution < 1.29 is 19.4 Å². The summed E-state index contributed by atoms with van der Waals surface area (Å²) in [6.45, 7) is 6.23. The van der Waals surface area contributed by atoms with E-state index in [0.717, 1.165) is 54.1 Å². The lowest BCUT2D eigenvalue weighted by atomic mass is 9.93. The lowest BCUT2D eigenvalue weighted by Crippen LogP contribution is -2.52. The molecule has 0 aliphatic carbocycles. The van der Waals surface area contributed by atoms with Gasteiger partial charge in [-0.3, -0.25) is 9.59 Å². The van der Waals surface area contributed by atoms with Crippen molar-refractivity contribution in [1.29, 1.82) is 0 Å². The molecule has 2 aromatic carbocycles. The second-order valence-corrected chi connectivity index (χ2v) is 11.6. The lowest BCUT2D eigenvalue weighted by Gasteiger charge is -2.29. The summed E-state index contributed by atoms with van der Waals surface area (Å²) in [5.74, 6) is 0.117. The van der Waals surface area contributed by atoms with Gasteiger partial charge in [-0.1, -0.05) is 30.3 Å². The Balaban J connectivity index is 1.42. The molecule has 1 fully saturated rings. The van der Waals surface area contributed by atoms with Crippen molar-refractivity contribution >= 4 is 23.2 Å². The third-order valence-electron chi connectivity index (χ3n) is 7.73. The van der Waals surface area contributed by atoms with Crippen LogP contribution in [0.15, 0.2) is 47.8 Å². The SMILES string of the molecule is CCN(Cc1nc(C)cs1)C(=O)c1cc(C(=O)NC(Cc2ccccc2)C(O)C2CCCN2)cc2c1CCCO2. The molecule has 3 unspecified atom stereocenters.